The summed E-state index contributed by atoms with van der Waals surface area (Å²) >= 11 is 0. The first-order valence-corrected chi connectivity index (χ1v) is 21.3. The average Bonchev–Trinajstić information content (AvgIpc) is 3.22. The van der Waals surface area contributed by atoms with E-state index in [1.54, 1.807) is 34.6 Å². The highest BCUT2D eigenvalue weighted by atomic mass is 16.2. The Morgan fingerprint density at radius 2 is 0.933 bits per heavy atom. The molecule has 3 rings (SSSR count). The van der Waals surface area contributed by atoms with E-state index in [-0.39, 0.29) is 31.1 Å². The first kappa shape index (κ1) is 49.1. The van der Waals surface area contributed by atoms with Gasteiger partial charge in [-0.1, -0.05) is 122 Å². The van der Waals surface area contributed by atoms with Crippen molar-refractivity contribution in [1.82, 2.24) is 36.0 Å². The first-order chi connectivity index (χ1) is 28.2. The summed E-state index contributed by atoms with van der Waals surface area (Å²) < 4.78 is 0. The standard InChI is InChI=1S/C46H69N7O7/c1-13-30(8)39-43(57)48-37(28(4)5)42(56)49-38(29(6)7)46(60)53(12)35(25-32-20-16-14-17-21-32)40(54)47-34(24-27(2)3)45(59)51(10)31(9)44(58)52(11)36(41(55)50-39)26-33-22-18-15-19-23-33/h14-23,27-31,34-39H,13,24-26H2,1-12H3,(H,47,54)(H,48,57)(H,49,56)(H,50,55)/t30-,31-,34-,35-,36+,37+,38-,39+/m0/s1. The molecule has 2 aromatic carbocycles. The number of nitrogens with zero attached hydrogens (tertiary/aromatic N) is 3. The number of hydrogen-bond acceptors (Lipinski definition) is 7. The number of hydrogen-bond donors (Lipinski definition) is 4. The fraction of sp³-hybridized carbons (Fsp3) is 0.587. The summed E-state index contributed by atoms with van der Waals surface area (Å²) in [4.78, 5) is 104. The van der Waals surface area contributed by atoms with Gasteiger partial charge in [-0.05, 0) is 48.1 Å². The number of benzene rings is 2. The third-order valence-corrected chi connectivity index (χ3v) is 11.7. The Labute approximate surface area is 357 Å². The zero-order chi connectivity index (χ0) is 45.0. The smallest absolute Gasteiger partial charge is 0.245 e. The molecule has 8 atom stereocenters. The SMILES string of the molecule is CC[C@H](C)[C@H]1NC(=O)[C@@H](Cc2ccccc2)N(C)C(=O)[C@H](C)N(C)C(=O)[C@H](CC(C)C)NC(=O)[C@H](Cc2ccccc2)N(C)C(=O)[C@H](C(C)C)NC(=O)[C@@H](C(C)C)NC1=O. The van der Waals surface area contributed by atoms with Crippen LogP contribution in [0.1, 0.15) is 86.3 Å². The number of nitrogens with one attached hydrogen (secondary N) is 4. The van der Waals surface area contributed by atoms with Crippen molar-refractivity contribution < 1.29 is 33.6 Å². The van der Waals surface area contributed by atoms with Crippen molar-refractivity contribution >= 4 is 41.4 Å². The van der Waals surface area contributed by atoms with Crippen LogP contribution >= 0.6 is 0 Å². The number of rotatable bonds is 10. The summed E-state index contributed by atoms with van der Waals surface area (Å²) in [5.41, 5.74) is 1.54. The van der Waals surface area contributed by atoms with Crippen LogP contribution in [0, 0.1) is 23.7 Å². The highest BCUT2D eigenvalue weighted by Crippen LogP contribution is 2.19. The minimum absolute atomic E-state index is 0.0501. The molecule has 1 aliphatic rings. The molecule has 0 aliphatic carbocycles. The average molecular weight is 832 g/mol. The molecule has 0 radical (unpaired) electrons. The molecule has 4 N–H and O–H groups in total. The molecule has 14 nitrogen and oxygen atoms in total. The van der Waals surface area contributed by atoms with Gasteiger partial charge in [0, 0.05) is 34.0 Å². The van der Waals surface area contributed by atoms with Crippen molar-refractivity contribution in [2.45, 2.75) is 130 Å². The van der Waals surface area contributed by atoms with Crippen LogP contribution in [-0.2, 0) is 46.4 Å². The number of carbonyl (C=O) groups is 7. The van der Waals surface area contributed by atoms with Gasteiger partial charge in [-0.2, -0.15) is 0 Å². The van der Waals surface area contributed by atoms with Crippen LogP contribution in [-0.4, -0.2) is 119 Å². The molecule has 330 valence electrons. The van der Waals surface area contributed by atoms with Crippen molar-refractivity contribution in [1.29, 1.82) is 0 Å². The zero-order valence-electron chi connectivity index (χ0n) is 37.7. The molecule has 7 amide bonds. The summed E-state index contributed by atoms with van der Waals surface area (Å²) in [5.74, 6) is -5.23. The molecule has 0 unspecified atom stereocenters. The van der Waals surface area contributed by atoms with E-state index in [4.69, 9.17) is 0 Å². The van der Waals surface area contributed by atoms with Gasteiger partial charge in [0.2, 0.25) is 41.4 Å². The van der Waals surface area contributed by atoms with Crippen LogP contribution in [0.3, 0.4) is 0 Å². The predicted molar refractivity (Wildman–Crippen MR) is 232 cm³/mol. The van der Waals surface area contributed by atoms with E-state index in [0.29, 0.717) is 6.42 Å². The Hall–Kier alpha value is -5.27. The van der Waals surface area contributed by atoms with Gasteiger partial charge in [0.05, 0.1) is 0 Å². The van der Waals surface area contributed by atoms with Gasteiger partial charge < -0.3 is 36.0 Å². The van der Waals surface area contributed by atoms with E-state index < -0.39 is 95.5 Å². The molecule has 1 fully saturated rings. The second-order valence-electron chi connectivity index (χ2n) is 17.5. The van der Waals surface area contributed by atoms with Crippen molar-refractivity contribution in [2.75, 3.05) is 21.1 Å². The predicted octanol–water partition coefficient (Wildman–Crippen LogP) is 3.33. The summed E-state index contributed by atoms with van der Waals surface area (Å²) in [6.07, 6.45) is 0.957. The zero-order valence-corrected chi connectivity index (χ0v) is 37.7. The second-order valence-corrected chi connectivity index (χ2v) is 17.5. The van der Waals surface area contributed by atoms with Crippen LogP contribution in [0.5, 0.6) is 0 Å². The third-order valence-electron chi connectivity index (χ3n) is 11.7. The molecule has 14 heteroatoms. The quantitative estimate of drug-likeness (QED) is 0.284. The molecule has 0 bridgehead atoms. The molecule has 60 heavy (non-hydrogen) atoms. The molecule has 1 aliphatic heterocycles. The highest BCUT2D eigenvalue weighted by Gasteiger charge is 2.41. The molecule has 0 aromatic heterocycles. The normalized spacial score (nSPS) is 25.5. The fourth-order valence-corrected chi connectivity index (χ4v) is 7.36. The van der Waals surface area contributed by atoms with E-state index in [2.05, 4.69) is 21.3 Å². The van der Waals surface area contributed by atoms with Gasteiger partial charge in [0.15, 0.2) is 0 Å². The molecule has 2 aromatic rings. The lowest BCUT2D eigenvalue weighted by Gasteiger charge is -2.36. The maximum atomic E-state index is 14.5. The molecule has 1 heterocycles. The Morgan fingerprint density at radius 3 is 1.38 bits per heavy atom. The number of likely N-dealkylation sites (N-methyl/N-ethyl adjacent to an activating group) is 3. The van der Waals surface area contributed by atoms with Gasteiger partial charge in [-0.15, -0.1) is 0 Å². The van der Waals surface area contributed by atoms with Crippen LogP contribution in [0.25, 0.3) is 0 Å². The summed E-state index contributed by atoms with van der Waals surface area (Å²) in [7, 11) is 4.49. The molecular formula is C46H69N7O7. The number of carbonyl (C=O) groups excluding carboxylic acids is 7. The second kappa shape index (κ2) is 22.4. The molecule has 0 spiro atoms. The number of amides is 7. The van der Waals surface area contributed by atoms with Crippen LogP contribution < -0.4 is 21.3 Å². The van der Waals surface area contributed by atoms with Gasteiger partial charge in [-0.3, -0.25) is 33.6 Å². The van der Waals surface area contributed by atoms with Crippen molar-refractivity contribution in [3.63, 3.8) is 0 Å². The van der Waals surface area contributed by atoms with E-state index >= 15 is 0 Å². The third kappa shape index (κ3) is 12.9. The van der Waals surface area contributed by atoms with E-state index in [0.717, 1.165) is 11.1 Å². The van der Waals surface area contributed by atoms with Gasteiger partial charge in [0.25, 0.3) is 0 Å². The largest absolute Gasteiger partial charge is 0.342 e. The molecule has 1 saturated heterocycles. The topological polar surface area (TPSA) is 177 Å². The monoisotopic (exact) mass is 832 g/mol. The van der Waals surface area contributed by atoms with Gasteiger partial charge >= 0.3 is 0 Å². The summed E-state index contributed by atoms with van der Waals surface area (Å²) in [6, 6.07) is 10.8. The summed E-state index contributed by atoms with van der Waals surface area (Å²) in [5, 5.41) is 11.6. The van der Waals surface area contributed by atoms with Crippen LogP contribution in [0.2, 0.25) is 0 Å². The Morgan fingerprint density at radius 1 is 0.517 bits per heavy atom. The molecular weight excluding hydrogens is 763 g/mol. The lowest BCUT2D eigenvalue weighted by molar-refractivity contribution is -0.149. The Balaban J connectivity index is 2.23. The van der Waals surface area contributed by atoms with Crippen LogP contribution in [0.4, 0.5) is 0 Å². The van der Waals surface area contributed by atoms with Crippen molar-refractivity contribution in [3.05, 3.63) is 71.8 Å². The molecule has 0 saturated carbocycles. The Kier molecular flexibility index (Phi) is 18.3. The summed E-state index contributed by atoms with van der Waals surface area (Å²) in [6.45, 7) is 16.2. The van der Waals surface area contributed by atoms with E-state index in [1.165, 1.54) is 35.8 Å². The maximum absolute atomic E-state index is 14.5. The minimum atomic E-state index is -1.10. The van der Waals surface area contributed by atoms with Crippen molar-refractivity contribution in [3.8, 4) is 0 Å². The maximum Gasteiger partial charge on any atom is 0.245 e. The Bertz CT molecular complexity index is 1790. The lowest BCUT2D eigenvalue weighted by Crippen LogP contribution is -2.62. The highest BCUT2D eigenvalue weighted by molar-refractivity contribution is 5.98. The van der Waals surface area contributed by atoms with Crippen molar-refractivity contribution in [2.24, 2.45) is 23.7 Å². The van der Waals surface area contributed by atoms with E-state index in [9.17, 15) is 33.6 Å². The fourth-order valence-electron chi connectivity index (χ4n) is 7.36. The van der Waals surface area contributed by atoms with E-state index in [1.807, 2.05) is 88.4 Å². The first-order valence-electron chi connectivity index (χ1n) is 21.3. The van der Waals surface area contributed by atoms with Gasteiger partial charge in [0.1, 0.15) is 42.3 Å². The van der Waals surface area contributed by atoms with Gasteiger partial charge in [-0.25, -0.2) is 0 Å². The lowest BCUT2D eigenvalue weighted by atomic mass is 9.95. The minimum Gasteiger partial charge on any atom is -0.342 e. The van der Waals surface area contributed by atoms with Crippen LogP contribution in [0.15, 0.2) is 60.7 Å².